The third-order valence-corrected chi connectivity index (χ3v) is 2.78. The number of nitrogens with one attached hydrogen (secondary N) is 1. The van der Waals surface area contributed by atoms with E-state index in [2.05, 4.69) is 5.32 Å². The van der Waals surface area contributed by atoms with Crippen LogP contribution in [0.1, 0.15) is 12.5 Å². The molecule has 0 spiro atoms. The van der Waals surface area contributed by atoms with Gasteiger partial charge in [-0.3, -0.25) is 0 Å². The molecule has 2 heteroatoms. The summed E-state index contributed by atoms with van der Waals surface area (Å²) in [6.45, 7) is 4.86. The minimum atomic E-state index is -0.180. The van der Waals surface area contributed by atoms with Crippen molar-refractivity contribution < 1.29 is 4.39 Å². The van der Waals surface area contributed by atoms with Crippen molar-refractivity contribution in [3.8, 4) is 11.1 Å². The van der Waals surface area contributed by atoms with Gasteiger partial charge < -0.3 is 5.32 Å². The summed E-state index contributed by atoms with van der Waals surface area (Å²) in [7, 11) is 0. The van der Waals surface area contributed by atoms with Gasteiger partial charge in [-0.2, -0.15) is 0 Å². The molecule has 0 aliphatic carbocycles. The highest BCUT2D eigenvalue weighted by Gasteiger charge is 2.11. The van der Waals surface area contributed by atoms with E-state index >= 15 is 0 Å². The molecular formula is C15H16FN. The fourth-order valence-corrected chi connectivity index (χ4v) is 2.03. The van der Waals surface area contributed by atoms with Gasteiger partial charge in [0, 0.05) is 23.4 Å². The van der Waals surface area contributed by atoms with Gasteiger partial charge in [-0.15, -0.1) is 0 Å². The SMILES string of the molecule is CCNc1cccc(C)c1-c1ccccc1F. The maximum atomic E-state index is 13.8. The summed E-state index contributed by atoms with van der Waals surface area (Å²) in [6, 6.07) is 12.9. The number of aryl methyl sites for hydroxylation is 1. The first-order chi connectivity index (χ1) is 8.24. The van der Waals surface area contributed by atoms with Crippen LogP contribution in [-0.2, 0) is 0 Å². The fraction of sp³-hybridized carbons (Fsp3) is 0.200. The van der Waals surface area contributed by atoms with Gasteiger partial charge >= 0.3 is 0 Å². The molecule has 1 N–H and O–H groups in total. The zero-order valence-corrected chi connectivity index (χ0v) is 10.1. The number of hydrogen-bond donors (Lipinski definition) is 1. The quantitative estimate of drug-likeness (QED) is 0.830. The molecule has 0 aliphatic heterocycles. The van der Waals surface area contributed by atoms with Crippen LogP contribution in [0.5, 0.6) is 0 Å². The predicted molar refractivity (Wildman–Crippen MR) is 70.7 cm³/mol. The lowest BCUT2D eigenvalue weighted by Crippen LogP contribution is -2.00. The van der Waals surface area contributed by atoms with E-state index in [0.717, 1.165) is 23.4 Å². The molecule has 17 heavy (non-hydrogen) atoms. The summed E-state index contributed by atoms with van der Waals surface area (Å²) in [5.41, 5.74) is 3.67. The van der Waals surface area contributed by atoms with Gasteiger partial charge in [0.15, 0.2) is 0 Å². The highest BCUT2D eigenvalue weighted by atomic mass is 19.1. The van der Waals surface area contributed by atoms with Gasteiger partial charge in [0.25, 0.3) is 0 Å². The van der Waals surface area contributed by atoms with Crippen LogP contribution < -0.4 is 5.32 Å². The molecular weight excluding hydrogens is 213 g/mol. The number of hydrogen-bond acceptors (Lipinski definition) is 1. The Kier molecular flexibility index (Phi) is 3.43. The lowest BCUT2D eigenvalue weighted by atomic mass is 9.98. The molecule has 2 aromatic carbocycles. The second-order valence-electron chi connectivity index (χ2n) is 4.01. The average Bonchev–Trinajstić information content (AvgIpc) is 2.31. The second kappa shape index (κ2) is 5.00. The summed E-state index contributed by atoms with van der Waals surface area (Å²) in [4.78, 5) is 0. The Hall–Kier alpha value is -1.83. The van der Waals surface area contributed by atoms with Crippen LogP contribution in [-0.4, -0.2) is 6.54 Å². The molecule has 0 amide bonds. The highest BCUT2D eigenvalue weighted by Crippen LogP contribution is 2.32. The molecule has 0 fully saturated rings. The van der Waals surface area contributed by atoms with E-state index in [1.54, 1.807) is 6.07 Å². The topological polar surface area (TPSA) is 12.0 Å². The molecule has 88 valence electrons. The molecule has 0 aliphatic rings. The van der Waals surface area contributed by atoms with Crippen molar-refractivity contribution in [2.45, 2.75) is 13.8 Å². The molecule has 0 saturated heterocycles. The van der Waals surface area contributed by atoms with Gasteiger partial charge in [0.2, 0.25) is 0 Å². The van der Waals surface area contributed by atoms with E-state index in [-0.39, 0.29) is 5.82 Å². The molecule has 1 nitrogen and oxygen atoms in total. The summed E-state index contributed by atoms with van der Waals surface area (Å²) >= 11 is 0. The van der Waals surface area contributed by atoms with E-state index in [1.165, 1.54) is 6.07 Å². The zero-order valence-electron chi connectivity index (χ0n) is 10.1. The first-order valence-corrected chi connectivity index (χ1v) is 5.82. The molecule has 2 rings (SSSR count). The van der Waals surface area contributed by atoms with Gasteiger partial charge in [0.1, 0.15) is 5.82 Å². The van der Waals surface area contributed by atoms with E-state index in [1.807, 2.05) is 44.2 Å². The first kappa shape index (κ1) is 11.6. The zero-order chi connectivity index (χ0) is 12.3. The molecule has 0 heterocycles. The van der Waals surface area contributed by atoms with Crippen LogP contribution in [0.3, 0.4) is 0 Å². The maximum absolute atomic E-state index is 13.8. The fourth-order valence-electron chi connectivity index (χ4n) is 2.03. The van der Waals surface area contributed by atoms with Gasteiger partial charge in [-0.05, 0) is 31.5 Å². The third kappa shape index (κ3) is 2.31. The molecule has 0 saturated carbocycles. The van der Waals surface area contributed by atoms with Crippen molar-refractivity contribution in [2.75, 3.05) is 11.9 Å². The third-order valence-electron chi connectivity index (χ3n) is 2.78. The lowest BCUT2D eigenvalue weighted by Gasteiger charge is -2.14. The van der Waals surface area contributed by atoms with Crippen molar-refractivity contribution in [1.82, 2.24) is 0 Å². The number of halogens is 1. The monoisotopic (exact) mass is 229 g/mol. The molecule has 0 radical (unpaired) electrons. The number of benzene rings is 2. The Morgan fingerprint density at radius 2 is 1.82 bits per heavy atom. The Bertz CT molecular complexity index is 520. The summed E-state index contributed by atoms with van der Waals surface area (Å²) in [5.74, 6) is -0.180. The van der Waals surface area contributed by atoms with Crippen LogP contribution in [0.2, 0.25) is 0 Å². The predicted octanol–water partition coefficient (Wildman–Crippen LogP) is 4.23. The number of anilines is 1. The highest BCUT2D eigenvalue weighted by molar-refractivity contribution is 5.81. The van der Waals surface area contributed by atoms with Crippen LogP contribution in [0.25, 0.3) is 11.1 Å². The minimum absolute atomic E-state index is 0.180. The summed E-state index contributed by atoms with van der Waals surface area (Å²) in [6.07, 6.45) is 0. The normalized spacial score (nSPS) is 10.3. The van der Waals surface area contributed by atoms with Crippen molar-refractivity contribution >= 4 is 5.69 Å². The average molecular weight is 229 g/mol. The van der Waals surface area contributed by atoms with Crippen molar-refractivity contribution in [3.63, 3.8) is 0 Å². The van der Waals surface area contributed by atoms with Crippen LogP contribution in [0.4, 0.5) is 10.1 Å². The van der Waals surface area contributed by atoms with Crippen LogP contribution >= 0.6 is 0 Å². The Labute approximate surface area is 101 Å². The van der Waals surface area contributed by atoms with E-state index in [9.17, 15) is 4.39 Å². The second-order valence-corrected chi connectivity index (χ2v) is 4.01. The first-order valence-electron chi connectivity index (χ1n) is 5.82. The lowest BCUT2D eigenvalue weighted by molar-refractivity contribution is 0.631. The molecule has 0 bridgehead atoms. The molecule has 0 aromatic heterocycles. The summed E-state index contributed by atoms with van der Waals surface area (Å²) < 4.78 is 13.8. The van der Waals surface area contributed by atoms with Gasteiger partial charge in [-0.1, -0.05) is 30.3 Å². The Morgan fingerprint density at radius 3 is 2.53 bits per heavy atom. The van der Waals surface area contributed by atoms with E-state index in [4.69, 9.17) is 0 Å². The Balaban J connectivity index is 2.61. The smallest absolute Gasteiger partial charge is 0.131 e. The van der Waals surface area contributed by atoms with Crippen LogP contribution in [0, 0.1) is 12.7 Å². The molecule has 0 atom stereocenters. The van der Waals surface area contributed by atoms with Crippen LogP contribution in [0.15, 0.2) is 42.5 Å². The van der Waals surface area contributed by atoms with Crippen molar-refractivity contribution in [2.24, 2.45) is 0 Å². The van der Waals surface area contributed by atoms with Gasteiger partial charge in [0.05, 0.1) is 0 Å². The largest absolute Gasteiger partial charge is 0.385 e. The Morgan fingerprint density at radius 1 is 1.06 bits per heavy atom. The standard InChI is InChI=1S/C15H16FN/c1-3-17-14-10-6-7-11(2)15(14)12-8-4-5-9-13(12)16/h4-10,17H,3H2,1-2H3. The molecule has 2 aromatic rings. The summed E-state index contributed by atoms with van der Waals surface area (Å²) in [5, 5.41) is 3.28. The van der Waals surface area contributed by atoms with Crippen molar-refractivity contribution in [3.05, 3.63) is 53.8 Å². The maximum Gasteiger partial charge on any atom is 0.131 e. The van der Waals surface area contributed by atoms with Gasteiger partial charge in [-0.25, -0.2) is 4.39 Å². The van der Waals surface area contributed by atoms with E-state index in [0.29, 0.717) is 5.56 Å². The number of rotatable bonds is 3. The van der Waals surface area contributed by atoms with Crippen molar-refractivity contribution in [1.29, 1.82) is 0 Å². The van der Waals surface area contributed by atoms with E-state index < -0.39 is 0 Å². The minimum Gasteiger partial charge on any atom is -0.385 e. The molecule has 0 unspecified atom stereocenters.